The van der Waals surface area contributed by atoms with Crippen LogP contribution in [0.15, 0.2) is 53.5 Å². The molecule has 3 aromatic rings. The van der Waals surface area contributed by atoms with Crippen molar-refractivity contribution in [3.8, 4) is 5.69 Å². The number of aryl methyl sites for hydroxylation is 1. The van der Waals surface area contributed by atoms with Crippen molar-refractivity contribution in [2.45, 2.75) is 13.8 Å². The highest BCUT2D eigenvalue weighted by atomic mass is 19.1. The van der Waals surface area contributed by atoms with Gasteiger partial charge in [0.15, 0.2) is 5.82 Å². The van der Waals surface area contributed by atoms with Crippen LogP contribution in [-0.4, -0.2) is 15.7 Å². The SMILES string of the molecule is Cc1cc(C=Nc2ccc(F)cc2F)c(C)n1-c1cccc([N+](=O)[O-])c1. The van der Waals surface area contributed by atoms with Crippen LogP contribution in [0.1, 0.15) is 17.0 Å². The fraction of sp³-hybridized carbons (Fsp3) is 0.105. The number of nitrogens with zero attached hydrogens (tertiary/aromatic N) is 3. The molecule has 7 heteroatoms. The van der Waals surface area contributed by atoms with E-state index in [9.17, 15) is 18.9 Å². The molecular weight excluding hydrogens is 340 g/mol. The number of hydrogen-bond donors (Lipinski definition) is 0. The standard InChI is InChI=1S/C19H15F2N3O2/c1-12-8-14(11-22-19-7-6-15(20)9-18(19)21)13(2)23(12)16-4-3-5-17(10-16)24(25)26/h3-11H,1-2H3. The maximum atomic E-state index is 13.7. The normalized spacial score (nSPS) is 11.2. The zero-order valence-corrected chi connectivity index (χ0v) is 14.1. The molecule has 3 rings (SSSR count). The first-order chi connectivity index (χ1) is 12.4. The van der Waals surface area contributed by atoms with Gasteiger partial charge < -0.3 is 4.57 Å². The topological polar surface area (TPSA) is 60.4 Å². The molecule has 0 aliphatic heterocycles. The Bertz CT molecular complexity index is 1030. The summed E-state index contributed by atoms with van der Waals surface area (Å²) in [6.45, 7) is 3.70. The van der Waals surface area contributed by atoms with Gasteiger partial charge in [-0.15, -0.1) is 0 Å². The number of hydrogen-bond acceptors (Lipinski definition) is 3. The average molecular weight is 355 g/mol. The highest BCUT2D eigenvalue weighted by Gasteiger charge is 2.13. The second-order valence-corrected chi connectivity index (χ2v) is 5.79. The van der Waals surface area contributed by atoms with E-state index in [1.165, 1.54) is 24.4 Å². The van der Waals surface area contributed by atoms with Crippen molar-refractivity contribution < 1.29 is 13.7 Å². The van der Waals surface area contributed by atoms with Gasteiger partial charge in [0.2, 0.25) is 0 Å². The maximum Gasteiger partial charge on any atom is 0.271 e. The number of aliphatic imine (C=N–C) groups is 1. The van der Waals surface area contributed by atoms with E-state index in [1.54, 1.807) is 12.1 Å². The third-order valence-corrected chi connectivity index (χ3v) is 4.02. The lowest BCUT2D eigenvalue weighted by atomic mass is 10.2. The summed E-state index contributed by atoms with van der Waals surface area (Å²) in [6.07, 6.45) is 1.49. The molecule has 5 nitrogen and oxygen atoms in total. The number of non-ortho nitro benzene ring substituents is 1. The molecule has 0 unspecified atom stereocenters. The smallest absolute Gasteiger partial charge is 0.271 e. The van der Waals surface area contributed by atoms with Crippen LogP contribution in [0.2, 0.25) is 0 Å². The molecule has 0 saturated carbocycles. The summed E-state index contributed by atoms with van der Waals surface area (Å²) in [6, 6.07) is 11.3. The number of rotatable bonds is 4. The molecule has 0 fully saturated rings. The number of nitro groups is 1. The summed E-state index contributed by atoms with van der Waals surface area (Å²) in [4.78, 5) is 14.6. The Hall–Kier alpha value is -3.35. The largest absolute Gasteiger partial charge is 0.318 e. The van der Waals surface area contributed by atoms with Crippen LogP contribution < -0.4 is 0 Å². The number of halogens is 2. The molecule has 0 spiro atoms. The summed E-state index contributed by atoms with van der Waals surface area (Å²) < 4.78 is 28.5. The average Bonchev–Trinajstić information content (AvgIpc) is 2.88. The van der Waals surface area contributed by atoms with Crippen LogP contribution in [0.3, 0.4) is 0 Å². The first-order valence-corrected chi connectivity index (χ1v) is 7.79. The molecule has 1 heterocycles. The van der Waals surface area contributed by atoms with E-state index in [1.807, 2.05) is 24.5 Å². The van der Waals surface area contributed by atoms with Crippen LogP contribution in [0.5, 0.6) is 0 Å². The van der Waals surface area contributed by atoms with Crippen LogP contribution in [0.25, 0.3) is 5.69 Å². The van der Waals surface area contributed by atoms with Crippen molar-refractivity contribution >= 4 is 17.6 Å². The lowest BCUT2D eigenvalue weighted by Gasteiger charge is -2.09. The first kappa shape index (κ1) is 17.5. The molecule has 26 heavy (non-hydrogen) atoms. The van der Waals surface area contributed by atoms with Crippen molar-refractivity contribution in [3.63, 3.8) is 0 Å². The minimum absolute atomic E-state index is 0.00130. The Morgan fingerprint density at radius 3 is 2.58 bits per heavy atom. The van der Waals surface area contributed by atoms with Gasteiger partial charge in [0, 0.05) is 41.4 Å². The fourth-order valence-corrected chi connectivity index (χ4v) is 2.79. The quantitative estimate of drug-likeness (QED) is 0.374. The Kier molecular flexibility index (Phi) is 4.62. The van der Waals surface area contributed by atoms with Crippen molar-refractivity contribution in [3.05, 3.63) is 87.2 Å². The molecule has 0 aliphatic carbocycles. The fourth-order valence-electron chi connectivity index (χ4n) is 2.79. The van der Waals surface area contributed by atoms with Crippen molar-refractivity contribution in [1.29, 1.82) is 0 Å². The van der Waals surface area contributed by atoms with E-state index < -0.39 is 16.6 Å². The van der Waals surface area contributed by atoms with Gasteiger partial charge in [-0.3, -0.25) is 15.1 Å². The molecular formula is C19H15F2N3O2. The second kappa shape index (κ2) is 6.87. The maximum absolute atomic E-state index is 13.7. The molecule has 0 saturated heterocycles. The van der Waals surface area contributed by atoms with E-state index in [2.05, 4.69) is 4.99 Å². The van der Waals surface area contributed by atoms with Crippen LogP contribution in [-0.2, 0) is 0 Å². The molecule has 0 bridgehead atoms. The van der Waals surface area contributed by atoms with Crippen molar-refractivity contribution in [1.82, 2.24) is 4.57 Å². The number of aromatic nitrogens is 1. The molecule has 0 radical (unpaired) electrons. The van der Waals surface area contributed by atoms with Gasteiger partial charge >= 0.3 is 0 Å². The Morgan fingerprint density at radius 1 is 1.12 bits per heavy atom. The van der Waals surface area contributed by atoms with Gasteiger partial charge in [0.05, 0.1) is 16.3 Å². The van der Waals surface area contributed by atoms with Gasteiger partial charge in [-0.25, -0.2) is 8.78 Å². The minimum Gasteiger partial charge on any atom is -0.318 e. The predicted octanol–water partition coefficient (Wildman–Crippen LogP) is 5.03. The highest BCUT2D eigenvalue weighted by Crippen LogP contribution is 2.24. The van der Waals surface area contributed by atoms with E-state index in [4.69, 9.17) is 0 Å². The van der Waals surface area contributed by atoms with Crippen molar-refractivity contribution in [2.75, 3.05) is 0 Å². The summed E-state index contributed by atoms with van der Waals surface area (Å²) in [5.41, 5.74) is 3.07. The van der Waals surface area contributed by atoms with Gasteiger partial charge in [-0.2, -0.15) is 0 Å². The Labute approximate surface area is 148 Å². The predicted molar refractivity (Wildman–Crippen MR) is 95.5 cm³/mol. The zero-order chi connectivity index (χ0) is 18.8. The lowest BCUT2D eigenvalue weighted by molar-refractivity contribution is -0.384. The summed E-state index contributed by atoms with van der Waals surface area (Å²) in [5, 5.41) is 11.0. The highest BCUT2D eigenvalue weighted by molar-refractivity contribution is 5.84. The third-order valence-electron chi connectivity index (χ3n) is 4.02. The Balaban J connectivity index is 1.99. The molecule has 0 N–H and O–H groups in total. The molecule has 132 valence electrons. The van der Waals surface area contributed by atoms with E-state index in [0.717, 1.165) is 29.1 Å². The summed E-state index contributed by atoms with van der Waals surface area (Å²) >= 11 is 0. The first-order valence-electron chi connectivity index (χ1n) is 7.79. The zero-order valence-electron chi connectivity index (χ0n) is 14.1. The molecule has 1 aromatic heterocycles. The second-order valence-electron chi connectivity index (χ2n) is 5.79. The van der Waals surface area contributed by atoms with Crippen molar-refractivity contribution in [2.24, 2.45) is 4.99 Å². The van der Waals surface area contributed by atoms with Gasteiger partial charge in [0.1, 0.15) is 5.82 Å². The molecule has 0 amide bonds. The number of nitro benzene ring substituents is 1. The van der Waals surface area contributed by atoms with Crippen LogP contribution >= 0.6 is 0 Å². The summed E-state index contributed by atoms with van der Waals surface area (Å²) in [5.74, 6) is -1.40. The van der Waals surface area contributed by atoms with Gasteiger partial charge in [-0.1, -0.05) is 6.07 Å². The molecule has 0 atom stereocenters. The molecule has 2 aromatic carbocycles. The minimum atomic E-state index is -0.742. The van der Waals surface area contributed by atoms with E-state index in [0.29, 0.717) is 5.69 Å². The van der Waals surface area contributed by atoms with E-state index in [-0.39, 0.29) is 11.4 Å². The van der Waals surface area contributed by atoms with Gasteiger partial charge in [-0.05, 0) is 38.1 Å². The van der Waals surface area contributed by atoms with E-state index >= 15 is 0 Å². The Morgan fingerprint density at radius 2 is 1.88 bits per heavy atom. The van der Waals surface area contributed by atoms with Crippen LogP contribution in [0.4, 0.5) is 20.2 Å². The lowest BCUT2D eigenvalue weighted by Crippen LogP contribution is -2.00. The third kappa shape index (κ3) is 3.37. The molecule has 0 aliphatic rings. The monoisotopic (exact) mass is 355 g/mol. The van der Waals surface area contributed by atoms with Gasteiger partial charge in [0.25, 0.3) is 5.69 Å². The number of benzene rings is 2. The van der Waals surface area contributed by atoms with Crippen LogP contribution in [0, 0.1) is 35.6 Å². The summed E-state index contributed by atoms with van der Waals surface area (Å²) in [7, 11) is 0.